The third-order valence-corrected chi connectivity index (χ3v) is 5.04. The van der Waals surface area contributed by atoms with Crippen molar-refractivity contribution in [3.05, 3.63) is 101 Å². The molecule has 0 bridgehead atoms. The van der Waals surface area contributed by atoms with Crippen LogP contribution in [0.15, 0.2) is 84.0 Å². The summed E-state index contributed by atoms with van der Waals surface area (Å²) in [5, 5.41) is 11.7. The van der Waals surface area contributed by atoms with E-state index in [1.807, 2.05) is 72.8 Å². The number of rotatable bonds is 8. The normalized spacial score (nSPS) is 10.8. The van der Waals surface area contributed by atoms with E-state index in [-0.39, 0.29) is 5.69 Å². The summed E-state index contributed by atoms with van der Waals surface area (Å²) in [7, 11) is 1.60. The van der Waals surface area contributed by atoms with E-state index < -0.39 is 5.91 Å². The molecule has 0 unspecified atom stereocenters. The quantitative estimate of drug-likeness (QED) is 0.283. The van der Waals surface area contributed by atoms with Crippen molar-refractivity contribution in [3.63, 3.8) is 0 Å². The van der Waals surface area contributed by atoms with Gasteiger partial charge in [0.2, 0.25) is 0 Å². The number of aromatic amines is 1. The first-order chi connectivity index (χ1) is 16.1. The van der Waals surface area contributed by atoms with Crippen LogP contribution in [0, 0.1) is 0 Å². The number of carbonyl (C=O) groups is 1. The highest BCUT2D eigenvalue weighted by Gasteiger charge is 2.14. The predicted octanol–water partition coefficient (Wildman–Crippen LogP) is 5.08. The first-order valence-corrected chi connectivity index (χ1v) is 10.5. The number of para-hydroxylation sites is 1. The molecule has 0 aliphatic heterocycles. The van der Waals surface area contributed by atoms with Crippen molar-refractivity contribution in [1.29, 1.82) is 0 Å². The van der Waals surface area contributed by atoms with Crippen LogP contribution in [-0.2, 0) is 6.61 Å². The largest absolute Gasteiger partial charge is 0.497 e. The minimum Gasteiger partial charge on any atom is -0.497 e. The standard InChI is InChI=1S/C25H21ClN4O3/c1-32-20-12-8-17(9-13-20)15-27-30-25(31)23-14-22(28-29-23)21-4-2-3-5-24(21)33-16-18-6-10-19(26)11-7-18/h2-15H,16H2,1H3,(H,28,29)(H,30,31). The predicted molar refractivity (Wildman–Crippen MR) is 128 cm³/mol. The molecule has 0 spiro atoms. The number of methoxy groups -OCH3 is 1. The van der Waals surface area contributed by atoms with Gasteiger partial charge in [-0.1, -0.05) is 35.9 Å². The zero-order valence-electron chi connectivity index (χ0n) is 17.8. The molecule has 33 heavy (non-hydrogen) atoms. The molecular weight excluding hydrogens is 440 g/mol. The van der Waals surface area contributed by atoms with Gasteiger partial charge >= 0.3 is 0 Å². The first-order valence-electron chi connectivity index (χ1n) is 10.1. The number of nitrogens with zero attached hydrogens (tertiary/aromatic N) is 2. The molecule has 0 atom stereocenters. The molecule has 0 radical (unpaired) electrons. The van der Waals surface area contributed by atoms with Crippen molar-refractivity contribution in [2.24, 2.45) is 5.10 Å². The average Bonchev–Trinajstić information content (AvgIpc) is 3.35. The Labute approximate surface area is 196 Å². The zero-order valence-corrected chi connectivity index (χ0v) is 18.5. The number of H-pyrrole nitrogens is 1. The number of amides is 1. The maximum Gasteiger partial charge on any atom is 0.289 e. The maximum absolute atomic E-state index is 12.4. The van der Waals surface area contributed by atoms with Crippen LogP contribution in [0.3, 0.4) is 0 Å². The minimum atomic E-state index is -0.405. The number of hydrazone groups is 1. The fourth-order valence-corrected chi connectivity index (χ4v) is 3.16. The summed E-state index contributed by atoms with van der Waals surface area (Å²) in [6.07, 6.45) is 1.55. The van der Waals surface area contributed by atoms with Gasteiger partial charge in [-0.3, -0.25) is 9.89 Å². The highest BCUT2D eigenvalue weighted by molar-refractivity contribution is 6.30. The number of ether oxygens (including phenoxy) is 2. The number of halogens is 1. The summed E-state index contributed by atoms with van der Waals surface area (Å²) in [6, 6.07) is 23.9. The Morgan fingerprint density at radius 2 is 1.85 bits per heavy atom. The molecule has 4 aromatic rings. The van der Waals surface area contributed by atoms with Crippen molar-refractivity contribution in [2.45, 2.75) is 6.61 Å². The van der Waals surface area contributed by atoms with Crippen molar-refractivity contribution in [1.82, 2.24) is 15.6 Å². The molecule has 1 aromatic heterocycles. The SMILES string of the molecule is COc1ccc(C=NNC(=O)c2cc(-c3ccccc3OCc3ccc(Cl)cc3)n[nH]2)cc1. The lowest BCUT2D eigenvalue weighted by Gasteiger charge is -2.10. The van der Waals surface area contributed by atoms with Gasteiger partial charge in [0.25, 0.3) is 5.91 Å². The molecule has 1 heterocycles. The summed E-state index contributed by atoms with van der Waals surface area (Å²) in [5.41, 5.74) is 5.95. The summed E-state index contributed by atoms with van der Waals surface area (Å²) < 4.78 is 11.1. The Kier molecular flexibility index (Phi) is 7.02. The van der Waals surface area contributed by atoms with Crippen LogP contribution in [0.2, 0.25) is 5.02 Å². The number of benzene rings is 3. The molecule has 1 amide bonds. The Balaban J connectivity index is 1.41. The van der Waals surface area contributed by atoms with Gasteiger partial charge in [0.1, 0.15) is 23.8 Å². The monoisotopic (exact) mass is 460 g/mol. The lowest BCUT2D eigenvalue weighted by atomic mass is 10.1. The smallest absolute Gasteiger partial charge is 0.289 e. The highest BCUT2D eigenvalue weighted by atomic mass is 35.5. The molecule has 0 saturated heterocycles. The Bertz CT molecular complexity index is 1250. The third kappa shape index (κ3) is 5.78. The van der Waals surface area contributed by atoms with E-state index in [1.54, 1.807) is 19.4 Å². The lowest BCUT2D eigenvalue weighted by Crippen LogP contribution is -2.17. The molecule has 0 fully saturated rings. The van der Waals surface area contributed by atoms with Crippen LogP contribution in [0.25, 0.3) is 11.3 Å². The fourth-order valence-electron chi connectivity index (χ4n) is 3.04. The van der Waals surface area contributed by atoms with Crippen molar-refractivity contribution in [3.8, 4) is 22.8 Å². The van der Waals surface area contributed by atoms with Crippen molar-refractivity contribution < 1.29 is 14.3 Å². The number of nitrogens with one attached hydrogen (secondary N) is 2. The Morgan fingerprint density at radius 1 is 1.09 bits per heavy atom. The second-order valence-corrected chi connectivity index (χ2v) is 7.49. The molecule has 166 valence electrons. The molecule has 2 N–H and O–H groups in total. The number of hydrogen-bond acceptors (Lipinski definition) is 5. The summed E-state index contributed by atoms with van der Waals surface area (Å²) in [6.45, 7) is 0.381. The van der Waals surface area contributed by atoms with Crippen LogP contribution >= 0.6 is 11.6 Å². The van der Waals surface area contributed by atoms with E-state index in [0.29, 0.717) is 23.1 Å². The molecule has 3 aromatic carbocycles. The van der Waals surface area contributed by atoms with Crippen molar-refractivity contribution >= 4 is 23.7 Å². The maximum atomic E-state index is 12.4. The number of carbonyl (C=O) groups excluding carboxylic acids is 1. The van der Waals surface area contributed by atoms with Gasteiger partial charge in [0.15, 0.2) is 0 Å². The van der Waals surface area contributed by atoms with Crippen LogP contribution in [0.1, 0.15) is 21.6 Å². The van der Waals surface area contributed by atoms with E-state index in [0.717, 1.165) is 22.4 Å². The molecule has 0 aliphatic carbocycles. The van der Waals surface area contributed by atoms with Gasteiger partial charge in [-0.05, 0) is 65.7 Å². The highest BCUT2D eigenvalue weighted by Crippen LogP contribution is 2.29. The Morgan fingerprint density at radius 3 is 2.61 bits per heavy atom. The molecule has 7 nitrogen and oxygen atoms in total. The molecule has 0 aliphatic rings. The number of hydrogen-bond donors (Lipinski definition) is 2. The first kappa shape index (κ1) is 22.1. The van der Waals surface area contributed by atoms with Crippen LogP contribution in [0.5, 0.6) is 11.5 Å². The Hall–Kier alpha value is -4.10. The zero-order chi connectivity index (χ0) is 23.0. The van der Waals surface area contributed by atoms with Gasteiger partial charge in [0.05, 0.1) is 19.0 Å². The molecule has 4 rings (SSSR count). The molecule has 0 saturated carbocycles. The van der Waals surface area contributed by atoms with E-state index in [4.69, 9.17) is 21.1 Å². The third-order valence-electron chi connectivity index (χ3n) is 4.79. The van der Waals surface area contributed by atoms with E-state index in [9.17, 15) is 4.79 Å². The number of aromatic nitrogens is 2. The van der Waals surface area contributed by atoms with E-state index >= 15 is 0 Å². The van der Waals surface area contributed by atoms with Gasteiger partial charge in [-0.15, -0.1) is 0 Å². The average molecular weight is 461 g/mol. The second kappa shape index (κ2) is 10.5. The van der Waals surface area contributed by atoms with Gasteiger partial charge in [0, 0.05) is 10.6 Å². The fraction of sp³-hybridized carbons (Fsp3) is 0.0800. The van der Waals surface area contributed by atoms with Crippen molar-refractivity contribution in [2.75, 3.05) is 7.11 Å². The van der Waals surface area contributed by atoms with Crippen LogP contribution < -0.4 is 14.9 Å². The topological polar surface area (TPSA) is 88.6 Å². The molecular formula is C25H21ClN4O3. The minimum absolute atomic E-state index is 0.282. The van der Waals surface area contributed by atoms with E-state index in [2.05, 4.69) is 20.7 Å². The van der Waals surface area contributed by atoms with Crippen LogP contribution in [0.4, 0.5) is 0 Å². The van der Waals surface area contributed by atoms with Gasteiger partial charge in [-0.2, -0.15) is 10.2 Å². The molecule has 8 heteroatoms. The van der Waals surface area contributed by atoms with E-state index in [1.165, 1.54) is 0 Å². The summed E-state index contributed by atoms with van der Waals surface area (Å²) in [4.78, 5) is 12.4. The lowest BCUT2D eigenvalue weighted by molar-refractivity contribution is 0.0950. The van der Waals surface area contributed by atoms with Crippen LogP contribution in [-0.4, -0.2) is 29.4 Å². The van der Waals surface area contributed by atoms with Gasteiger partial charge < -0.3 is 9.47 Å². The summed E-state index contributed by atoms with van der Waals surface area (Å²) >= 11 is 5.94. The second-order valence-electron chi connectivity index (χ2n) is 7.05. The summed E-state index contributed by atoms with van der Waals surface area (Å²) in [5.74, 6) is 1.00. The van der Waals surface area contributed by atoms with Gasteiger partial charge in [-0.25, -0.2) is 5.43 Å².